The Kier molecular flexibility index (Phi) is 12.9. The molecule has 15 heteroatoms. The fourth-order valence-corrected chi connectivity index (χ4v) is 3.32. The molecule has 0 bridgehead atoms. The van der Waals surface area contributed by atoms with E-state index in [9.17, 15) is 39.0 Å². The summed E-state index contributed by atoms with van der Waals surface area (Å²) in [6, 6.07) is 0.535. The van der Waals surface area contributed by atoms with Crippen LogP contribution in [-0.2, 0) is 35.2 Å². The van der Waals surface area contributed by atoms with E-state index in [-0.39, 0.29) is 17.9 Å². The van der Waals surface area contributed by atoms with Gasteiger partial charge >= 0.3 is 17.9 Å². The van der Waals surface area contributed by atoms with Gasteiger partial charge in [0.2, 0.25) is 17.7 Å². The zero-order chi connectivity index (χ0) is 28.1. The number of aliphatic carboxylic acids is 3. The number of carbonyl (C=O) groups is 6. The molecule has 0 heterocycles. The van der Waals surface area contributed by atoms with Crippen LogP contribution in [0.5, 0.6) is 5.75 Å². The first kappa shape index (κ1) is 31.2. The molecular weight excluding hydrogens is 512 g/mol. The molecule has 37 heavy (non-hydrogen) atoms. The maximum Gasteiger partial charge on any atom is 0.326 e. The lowest BCUT2D eigenvalue weighted by Crippen LogP contribution is -2.57. The molecule has 0 aliphatic carbocycles. The van der Waals surface area contributed by atoms with Crippen molar-refractivity contribution in [1.82, 2.24) is 16.0 Å². The highest BCUT2D eigenvalue weighted by Crippen LogP contribution is 2.11. The highest BCUT2D eigenvalue weighted by Gasteiger charge is 2.30. The second-order valence-corrected chi connectivity index (χ2v) is 8.41. The molecule has 0 aliphatic rings. The number of amides is 3. The monoisotopic (exact) mass is 542 g/mol. The van der Waals surface area contributed by atoms with E-state index < -0.39 is 85.5 Å². The second kappa shape index (κ2) is 15.3. The highest BCUT2D eigenvalue weighted by molar-refractivity contribution is 7.80. The van der Waals surface area contributed by atoms with Crippen molar-refractivity contribution in [3.8, 4) is 5.75 Å². The van der Waals surface area contributed by atoms with Crippen LogP contribution in [0.3, 0.4) is 0 Å². The van der Waals surface area contributed by atoms with Crippen LogP contribution < -0.4 is 21.7 Å². The van der Waals surface area contributed by atoms with Gasteiger partial charge in [0, 0.05) is 18.6 Å². The van der Waals surface area contributed by atoms with Crippen molar-refractivity contribution in [3.63, 3.8) is 0 Å². The zero-order valence-corrected chi connectivity index (χ0v) is 20.5. The molecule has 4 atom stereocenters. The zero-order valence-electron chi connectivity index (χ0n) is 19.6. The Labute approximate surface area is 217 Å². The standard InChI is InChI=1S/C22H30N4O10S/c23-13(9-11-1-3-12(27)4-2-11)19(32)26-16(10-37)21(34)24-14(5-7-17(28)29)20(33)25-15(22(35)36)6-8-18(30)31/h1-4,13-16,27,37H,5-10,23H2,(H,24,34)(H,25,33)(H,26,32)(H,28,29)(H,30,31)(H,35,36). The lowest BCUT2D eigenvalue weighted by atomic mass is 10.1. The van der Waals surface area contributed by atoms with Crippen LogP contribution >= 0.6 is 12.6 Å². The number of carboxylic acid groups (broad SMARTS) is 3. The van der Waals surface area contributed by atoms with E-state index in [4.69, 9.17) is 15.9 Å². The van der Waals surface area contributed by atoms with E-state index >= 15 is 0 Å². The van der Waals surface area contributed by atoms with Gasteiger partial charge in [0.05, 0.1) is 6.04 Å². The van der Waals surface area contributed by atoms with Crippen molar-refractivity contribution in [1.29, 1.82) is 0 Å². The number of carbonyl (C=O) groups excluding carboxylic acids is 3. The number of hydrogen-bond donors (Lipinski definition) is 9. The van der Waals surface area contributed by atoms with Crippen LogP contribution in [0.25, 0.3) is 0 Å². The third-order valence-electron chi connectivity index (χ3n) is 5.09. The number of phenolic OH excluding ortho intramolecular Hbond substituents is 1. The summed E-state index contributed by atoms with van der Waals surface area (Å²) in [6.07, 6.45) is -1.87. The number of carboxylic acids is 3. The van der Waals surface area contributed by atoms with Crippen LogP contribution in [0.2, 0.25) is 0 Å². The number of phenols is 1. The van der Waals surface area contributed by atoms with E-state index in [1.807, 2.05) is 0 Å². The molecule has 1 aromatic carbocycles. The van der Waals surface area contributed by atoms with Crippen molar-refractivity contribution < 1.29 is 49.2 Å². The topological polar surface area (TPSA) is 245 Å². The lowest BCUT2D eigenvalue weighted by Gasteiger charge is -2.24. The van der Waals surface area contributed by atoms with Crippen LogP contribution in [0, 0.1) is 0 Å². The molecule has 0 saturated carbocycles. The van der Waals surface area contributed by atoms with Gasteiger partial charge in [-0.3, -0.25) is 24.0 Å². The first-order chi connectivity index (χ1) is 17.3. The van der Waals surface area contributed by atoms with E-state index in [0.29, 0.717) is 5.56 Å². The summed E-state index contributed by atoms with van der Waals surface area (Å²) >= 11 is 4.02. The molecule has 4 unspecified atom stereocenters. The predicted molar refractivity (Wildman–Crippen MR) is 131 cm³/mol. The Morgan fingerprint density at radius 2 is 1.22 bits per heavy atom. The maximum absolute atomic E-state index is 12.8. The summed E-state index contributed by atoms with van der Waals surface area (Å²) in [5.74, 6) is -6.92. The molecule has 0 saturated heterocycles. The second-order valence-electron chi connectivity index (χ2n) is 8.05. The van der Waals surface area contributed by atoms with Gasteiger partial charge in [0.15, 0.2) is 0 Å². The molecule has 1 rings (SSSR count). The minimum Gasteiger partial charge on any atom is -0.508 e. The number of nitrogens with two attached hydrogens (primary N) is 1. The van der Waals surface area contributed by atoms with Crippen LogP contribution in [0.1, 0.15) is 31.2 Å². The molecule has 0 radical (unpaired) electrons. The molecular formula is C22H30N4O10S. The number of rotatable bonds is 16. The van der Waals surface area contributed by atoms with Crippen molar-refractivity contribution in [2.75, 3.05) is 5.75 Å². The summed E-state index contributed by atoms with van der Waals surface area (Å²) in [6.45, 7) is 0. The van der Waals surface area contributed by atoms with Crippen LogP contribution in [0.15, 0.2) is 24.3 Å². The third-order valence-corrected chi connectivity index (χ3v) is 5.45. The summed E-state index contributed by atoms with van der Waals surface area (Å²) in [7, 11) is 0. The third kappa shape index (κ3) is 11.6. The molecule has 3 amide bonds. The van der Waals surface area contributed by atoms with Gasteiger partial charge < -0.3 is 42.1 Å². The Morgan fingerprint density at radius 1 is 0.757 bits per heavy atom. The molecule has 0 aliphatic heterocycles. The fraction of sp³-hybridized carbons (Fsp3) is 0.455. The minimum atomic E-state index is -1.59. The smallest absolute Gasteiger partial charge is 0.326 e. The Morgan fingerprint density at radius 3 is 1.70 bits per heavy atom. The van der Waals surface area contributed by atoms with Gasteiger partial charge in [-0.25, -0.2) is 4.79 Å². The van der Waals surface area contributed by atoms with Crippen molar-refractivity contribution in [2.45, 2.75) is 56.3 Å². The number of benzene rings is 1. The summed E-state index contributed by atoms with van der Waals surface area (Å²) in [5.41, 5.74) is 6.54. The average Bonchev–Trinajstić information content (AvgIpc) is 2.83. The van der Waals surface area contributed by atoms with E-state index in [1.165, 1.54) is 12.1 Å². The quantitative estimate of drug-likeness (QED) is 0.108. The first-order valence-electron chi connectivity index (χ1n) is 11.1. The summed E-state index contributed by atoms with van der Waals surface area (Å²) in [5, 5.41) is 43.1. The predicted octanol–water partition coefficient (Wildman–Crippen LogP) is -1.54. The van der Waals surface area contributed by atoms with Gasteiger partial charge in [-0.15, -0.1) is 0 Å². The van der Waals surface area contributed by atoms with Gasteiger partial charge in [-0.05, 0) is 37.0 Å². The van der Waals surface area contributed by atoms with Crippen LogP contribution in [-0.4, -0.2) is 86.0 Å². The van der Waals surface area contributed by atoms with Crippen molar-refractivity contribution in [3.05, 3.63) is 29.8 Å². The number of hydrogen-bond acceptors (Lipinski definition) is 9. The van der Waals surface area contributed by atoms with Gasteiger partial charge in [0.25, 0.3) is 0 Å². The molecule has 0 spiro atoms. The largest absolute Gasteiger partial charge is 0.508 e. The molecule has 0 aromatic heterocycles. The SMILES string of the molecule is NC(Cc1ccc(O)cc1)C(=O)NC(CS)C(=O)NC(CCC(=O)O)C(=O)NC(CCC(=O)O)C(=O)O. The maximum atomic E-state index is 12.8. The molecule has 0 fully saturated rings. The van der Waals surface area contributed by atoms with E-state index in [1.54, 1.807) is 12.1 Å². The van der Waals surface area contributed by atoms with Crippen molar-refractivity contribution >= 4 is 48.3 Å². The van der Waals surface area contributed by atoms with Crippen LogP contribution in [0.4, 0.5) is 0 Å². The van der Waals surface area contributed by atoms with Gasteiger partial charge in [0.1, 0.15) is 23.9 Å². The van der Waals surface area contributed by atoms with E-state index in [2.05, 4.69) is 28.6 Å². The van der Waals surface area contributed by atoms with Gasteiger partial charge in [-0.2, -0.15) is 12.6 Å². The summed E-state index contributed by atoms with van der Waals surface area (Å²) in [4.78, 5) is 71.0. The molecule has 14 nitrogen and oxygen atoms in total. The number of thiol groups is 1. The van der Waals surface area contributed by atoms with E-state index in [0.717, 1.165) is 0 Å². The Bertz CT molecular complexity index is 988. The summed E-state index contributed by atoms with van der Waals surface area (Å²) < 4.78 is 0. The Balaban J connectivity index is 2.87. The molecule has 1 aromatic rings. The van der Waals surface area contributed by atoms with Crippen molar-refractivity contribution in [2.24, 2.45) is 5.73 Å². The lowest BCUT2D eigenvalue weighted by molar-refractivity contribution is -0.144. The fourth-order valence-electron chi connectivity index (χ4n) is 3.06. The normalized spacial score (nSPS) is 13.9. The van der Waals surface area contributed by atoms with Gasteiger partial charge in [-0.1, -0.05) is 12.1 Å². The first-order valence-corrected chi connectivity index (χ1v) is 11.7. The molecule has 204 valence electrons. The number of aromatic hydroxyl groups is 1. The Hall–Kier alpha value is -3.85. The molecule has 9 N–H and O–H groups in total. The minimum absolute atomic E-state index is 0.0339. The average molecular weight is 543 g/mol. The number of nitrogens with one attached hydrogen (secondary N) is 3. The highest BCUT2D eigenvalue weighted by atomic mass is 32.1.